The van der Waals surface area contributed by atoms with E-state index in [1.165, 1.54) is 45.3 Å². The number of hydrogen-bond acceptors (Lipinski definition) is 5. The van der Waals surface area contributed by atoms with Crippen molar-refractivity contribution in [3.63, 3.8) is 0 Å². The molecule has 1 aromatic heterocycles. The molecule has 2 rings (SSSR count). The molecule has 29 heavy (non-hydrogen) atoms. The van der Waals surface area contributed by atoms with Crippen molar-refractivity contribution in [3.05, 3.63) is 5.82 Å². The summed E-state index contributed by atoms with van der Waals surface area (Å²) in [4.78, 5) is 6.96. The van der Waals surface area contributed by atoms with Crippen LogP contribution in [-0.2, 0) is 13.0 Å². The van der Waals surface area contributed by atoms with Gasteiger partial charge in [0.1, 0.15) is 5.82 Å². The maximum atomic E-state index is 4.40. The summed E-state index contributed by atoms with van der Waals surface area (Å²) >= 11 is 1.67. The molecule has 0 spiro atoms. The average Bonchev–Trinajstić information content (AvgIpc) is 2.90. The van der Waals surface area contributed by atoms with E-state index in [9.17, 15) is 0 Å². The van der Waals surface area contributed by atoms with E-state index in [4.69, 9.17) is 0 Å². The predicted octanol–water partition coefficient (Wildman–Crippen LogP) is 3.02. The minimum atomic E-state index is 0.589. The Morgan fingerprint density at radius 2 is 1.76 bits per heavy atom. The summed E-state index contributed by atoms with van der Waals surface area (Å²) in [5, 5.41) is 16.6. The van der Waals surface area contributed by atoms with Crippen LogP contribution in [0.1, 0.15) is 58.2 Å². The fourth-order valence-electron chi connectivity index (χ4n) is 3.75. The van der Waals surface area contributed by atoms with Gasteiger partial charge < -0.3 is 20.1 Å². The smallest absolute Gasteiger partial charge is 0.190 e. The fraction of sp³-hybridized carbons (Fsp3) is 0.857. The molecular weight excluding hydrogens is 382 g/mol. The van der Waals surface area contributed by atoms with Gasteiger partial charge in [-0.05, 0) is 57.5 Å². The summed E-state index contributed by atoms with van der Waals surface area (Å²) in [6.45, 7) is 11.0. The van der Waals surface area contributed by atoms with Gasteiger partial charge in [-0.1, -0.05) is 38.5 Å². The third-order valence-corrected chi connectivity index (χ3v) is 5.93. The Labute approximate surface area is 181 Å². The van der Waals surface area contributed by atoms with E-state index in [0.717, 1.165) is 55.8 Å². The number of rotatable bonds is 11. The van der Waals surface area contributed by atoms with Gasteiger partial charge in [-0.2, -0.15) is 0 Å². The third-order valence-electron chi connectivity index (χ3n) is 5.26. The van der Waals surface area contributed by atoms with Crippen LogP contribution < -0.4 is 10.6 Å². The number of nitrogens with zero attached hydrogens (tertiary/aromatic N) is 5. The number of aryl methyl sites for hydroxylation is 1. The Balaban J connectivity index is 1.64. The van der Waals surface area contributed by atoms with Crippen molar-refractivity contribution in [2.24, 2.45) is 10.9 Å². The summed E-state index contributed by atoms with van der Waals surface area (Å²) < 4.78 is 2.27. The zero-order chi connectivity index (χ0) is 20.9. The molecular formula is C21H41N7S. The van der Waals surface area contributed by atoms with E-state index in [1.54, 1.807) is 11.8 Å². The van der Waals surface area contributed by atoms with Crippen LogP contribution in [0.25, 0.3) is 0 Å². The summed E-state index contributed by atoms with van der Waals surface area (Å²) in [6.07, 6.45) is 10.7. The number of aliphatic imine (C=N–C) groups is 1. The van der Waals surface area contributed by atoms with Crippen LogP contribution in [0.4, 0.5) is 0 Å². The van der Waals surface area contributed by atoms with Crippen molar-refractivity contribution in [1.82, 2.24) is 30.3 Å². The molecule has 166 valence electrons. The Bertz CT molecular complexity index is 592. The highest BCUT2D eigenvalue weighted by Gasteiger charge is 2.12. The molecule has 0 radical (unpaired) electrons. The monoisotopic (exact) mass is 423 g/mol. The normalized spacial score (nSPS) is 16.2. The van der Waals surface area contributed by atoms with Crippen molar-refractivity contribution in [2.45, 2.75) is 70.5 Å². The van der Waals surface area contributed by atoms with Gasteiger partial charge in [0.2, 0.25) is 0 Å². The maximum Gasteiger partial charge on any atom is 0.190 e. The van der Waals surface area contributed by atoms with E-state index in [-0.39, 0.29) is 0 Å². The van der Waals surface area contributed by atoms with Gasteiger partial charge in [-0.3, -0.25) is 4.99 Å². The standard InChI is InChI=1S/C21H41N7S/c1-18(2)17-28-19(25-26-21(28)29-4)11-9-12-23-20(22-3)24-13-10-16-27-14-7-5-6-8-15-27/h18H,5-17H2,1-4H3,(H2,22,23,24). The Morgan fingerprint density at radius 3 is 2.38 bits per heavy atom. The number of thioether (sulfide) groups is 1. The SMILES string of the molecule is CN=C(NCCCc1nnc(SC)n1CC(C)C)NCCCN1CCCCCC1. The summed E-state index contributed by atoms with van der Waals surface area (Å²) in [7, 11) is 1.84. The molecule has 0 aliphatic carbocycles. The summed E-state index contributed by atoms with van der Waals surface area (Å²) in [6, 6.07) is 0. The lowest BCUT2D eigenvalue weighted by molar-refractivity contribution is 0.282. The molecule has 1 aliphatic rings. The van der Waals surface area contributed by atoms with Crippen molar-refractivity contribution in [3.8, 4) is 0 Å². The van der Waals surface area contributed by atoms with Gasteiger partial charge in [0, 0.05) is 33.1 Å². The second-order valence-electron chi connectivity index (χ2n) is 8.25. The summed E-state index contributed by atoms with van der Waals surface area (Å²) in [5.74, 6) is 2.57. The van der Waals surface area contributed by atoms with Gasteiger partial charge >= 0.3 is 0 Å². The highest BCUT2D eigenvalue weighted by molar-refractivity contribution is 7.98. The quantitative estimate of drug-likeness (QED) is 0.247. The zero-order valence-electron chi connectivity index (χ0n) is 18.9. The van der Waals surface area contributed by atoms with Crippen LogP contribution in [0.3, 0.4) is 0 Å². The van der Waals surface area contributed by atoms with Gasteiger partial charge in [-0.15, -0.1) is 10.2 Å². The van der Waals surface area contributed by atoms with E-state index in [2.05, 4.69) is 55.4 Å². The van der Waals surface area contributed by atoms with Crippen LogP contribution in [0, 0.1) is 5.92 Å². The molecule has 0 bridgehead atoms. The first kappa shape index (κ1) is 24.0. The maximum absolute atomic E-state index is 4.40. The van der Waals surface area contributed by atoms with Crippen molar-refractivity contribution >= 4 is 17.7 Å². The number of guanidine groups is 1. The summed E-state index contributed by atoms with van der Waals surface area (Å²) in [5.41, 5.74) is 0. The van der Waals surface area contributed by atoms with Crippen LogP contribution in [0.5, 0.6) is 0 Å². The van der Waals surface area contributed by atoms with Gasteiger partial charge in [0.25, 0.3) is 0 Å². The topological polar surface area (TPSA) is 70.4 Å². The van der Waals surface area contributed by atoms with E-state index >= 15 is 0 Å². The predicted molar refractivity (Wildman–Crippen MR) is 124 cm³/mol. The first-order valence-corrected chi connectivity index (χ1v) is 12.5. The number of likely N-dealkylation sites (tertiary alicyclic amines) is 1. The fourth-order valence-corrected chi connectivity index (χ4v) is 4.27. The second-order valence-corrected chi connectivity index (χ2v) is 9.02. The lowest BCUT2D eigenvalue weighted by atomic mass is 10.2. The number of aromatic nitrogens is 3. The van der Waals surface area contributed by atoms with Crippen molar-refractivity contribution in [2.75, 3.05) is 46.0 Å². The van der Waals surface area contributed by atoms with Gasteiger partial charge in [-0.25, -0.2) is 0 Å². The van der Waals surface area contributed by atoms with Crippen molar-refractivity contribution in [1.29, 1.82) is 0 Å². The third kappa shape index (κ3) is 8.95. The lowest BCUT2D eigenvalue weighted by Gasteiger charge is -2.20. The first-order chi connectivity index (χ1) is 14.1. The first-order valence-electron chi connectivity index (χ1n) is 11.3. The molecule has 2 heterocycles. The highest BCUT2D eigenvalue weighted by Crippen LogP contribution is 2.16. The molecule has 0 unspecified atom stereocenters. The molecule has 1 saturated heterocycles. The highest BCUT2D eigenvalue weighted by atomic mass is 32.2. The second kappa shape index (κ2) is 13.9. The number of nitrogens with one attached hydrogen (secondary N) is 2. The molecule has 0 amide bonds. The van der Waals surface area contributed by atoms with E-state index in [0.29, 0.717) is 5.92 Å². The molecule has 1 aliphatic heterocycles. The van der Waals surface area contributed by atoms with Gasteiger partial charge in [0.05, 0.1) is 0 Å². The molecule has 1 aromatic rings. The van der Waals surface area contributed by atoms with E-state index in [1.807, 2.05) is 7.05 Å². The molecule has 1 fully saturated rings. The Hall–Kier alpha value is -1.28. The average molecular weight is 424 g/mol. The largest absolute Gasteiger partial charge is 0.356 e. The van der Waals surface area contributed by atoms with Crippen LogP contribution in [-0.4, -0.2) is 71.7 Å². The van der Waals surface area contributed by atoms with Crippen molar-refractivity contribution < 1.29 is 0 Å². The van der Waals surface area contributed by atoms with Crippen LogP contribution in [0.2, 0.25) is 0 Å². The minimum Gasteiger partial charge on any atom is -0.356 e. The molecule has 0 atom stereocenters. The lowest BCUT2D eigenvalue weighted by Crippen LogP contribution is -2.39. The molecule has 2 N–H and O–H groups in total. The van der Waals surface area contributed by atoms with Crippen LogP contribution >= 0.6 is 11.8 Å². The van der Waals surface area contributed by atoms with Gasteiger partial charge in [0.15, 0.2) is 11.1 Å². The molecule has 8 heteroatoms. The molecule has 0 aromatic carbocycles. The zero-order valence-corrected chi connectivity index (χ0v) is 19.7. The number of hydrogen-bond donors (Lipinski definition) is 2. The minimum absolute atomic E-state index is 0.589. The molecule has 7 nitrogen and oxygen atoms in total. The van der Waals surface area contributed by atoms with E-state index < -0.39 is 0 Å². The van der Waals surface area contributed by atoms with Crippen LogP contribution in [0.15, 0.2) is 10.1 Å². The Morgan fingerprint density at radius 1 is 1.07 bits per heavy atom. The Kier molecular flexibility index (Phi) is 11.5. The molecule has 0 saturated carbocycles.